The molecule has 2 N–H and O–H groups in total. The van der Waals surface area contributed by atoms with E-state index in [1.54, 1.807) is 0 Å². The standard InChI is InChI=1S/C13H24N2O2/c1-4-6-12(16)13(17)9-11-7-8-15(14-11)10(3)5-2/h7-8,10,12-13,16-17H,4-6,9H2,1-3H3. The Morgan fingerprint density at radius 1 is 1.29 bits per heavy atom. The van der Waals surface area contributed by atoms with Crippen LogP contribution in [0.5, 0.6) is 0 Å². The quantitative estimate of drug-likeness (QED) is 0.765. The molecule has 3 atom stereocenters. The monoisotopic (exact) mass is 240 g/mol. The Bertz CT molecular complexity index is 325. The van der Waals surface area contributed by atoms with E-state index in [1.807, 2.05) is 23.9 Å². The van der Waals surface area contributed by atoms with Gasteiger partial charge in [-0.15, -0.1) is 0 Å². The molecule has 4 heteroatoms. The van der Waals surface area contributed by atoms with Gasteiger partial charge in [0.05, 0.1) is 17.9 Å². The number of aliphatic hydroxyl groups excluding tert-OH is 2. The molecule has 0 aliphatic carbocycles. The topological polar surface area (TPSA) is 58.3 Å². The van der Waals surface area contributed by atoms with E-state index in [-0.39, 0.29) is 0 Å². The Morgan fingerprint density at radius 2 is 2.00 bits per heavy atom. The van der Waals surface area contributed by atoms with Crippen molar-refractivity contribution in [3.8, 4) is 0 Å². The molecule has 3 unspecified atom stereocenters. The zero-order valence-electron chi connectivity index (χ0n) is 11.0. The summed E-state index contributed by atoms with van der Waals surface area (Å²) in [5.41, 5.74) is 0.841. The van der Waals surface area contributed by atoms with Crippen LogP contribution in [0.15, 0.2) is 12.3 Å². The maximum Gasteiger partial charge on any atom is 0.0855 e. The largest absolute Gasteiger partial charge is 0.390 e. The molecule has 0 spiro atoms. The van der Waals surface area contributed by atoms with Crippen molar-refractivity contribution in [2.24, 2.45) is 0 Å². The van der Waals surface area contributed by atoms with Crippen molar-refractivity contribution in [2.75, 3.05) is 0 Å². The molecule has 0 aliphatic rings. The van der Waals surface area contributed by atoms with Crippen molar-refractivity contribution >= 4 is 0 Å². The van der Waals surface area contributed by atoms with Crippen molar-refractivity contribution in [3.05, 3.63) is 18.0 Å². The number of hydrogen-bond donors (Lipinski definition) is 2. The third-order valence-electron chi connectivity index (χ3n) is 3.15. The van der Waals surface area contributed by atoms with Gasteiger partial charge >= 0.3 is 0 Å². The van der Waals surface area contributed by atoms with Gasteiger partial charge in [-0.25, -0.2) is 0 Å². The summed E-state index contributed by atoms with van der Waals surface area (Å²) in [5.74, 6) is 0. The van der Waals surface area contributed by atoms with E-state index >= 15 is 0 Å². The van der Waals surface area contributed by atoms with Crippen molar-refractivity contribution in [1.82, 2.24) is 9.78 Å². The SMILES string of the molecule is CCCC(O)C(O)Cc1ccn(C(C)CC)n1. The minimum absolute atomic E-state index is 0.376. The highest BCUT2D eigenvalue weighted by atomic mass is 16.3. The third kappa shape index (κ3) is 4.13. The molecule has 4 nitrogen and oxygen atoms in total. The van der Waals surface area contributed by atoms with Gasteiger partial charge in [-0.3, -0.25) is 4.68 Å². The summed E-state index contributed by atoms with van der Waals surface area (Å²) >= 11 is 0. The fourth-order valence-electron chi connectivity index (χ4n) is 1.76. The van der Waals surface area contributed by atoms with Crippen molar-refractivity contribution in [1.29, 1.82) is 0 Å². The minimum Gasteiger partial charge on any atom is -0.390 e. The lowest BCUT2D eigenvalue weighted by atomic mass is 10.0. The van der Waals surface area contributed by atoms with Crippen LogP contribution < -0.4 is 0 Å². The molecule has 98 valence electrons. The van der Waals surface area contributed by atoms with Crippen LogP contribution in [0.1, 0.15) is 51.8 Å². The van der Waals surface area contributed by atoms with Gasteiger partial charge in [-0.05, 0) is 25.8 Å². The summed E-state index contributed by atoms with van der Waals surface area (Å²) in [6.07, 6.45) is 3.53. The van der Waals surface area contributed by atoms with Gasteiger partial charge in [0, 0.05) is 18.7 Å². The van der Waals surface area contributed by atoms with Gasteiger partial charge in [-0.2, -0.15) is 5.10 Å². The lowest BCUT2D eigenvalue weighted by Crippen LogP contribution is -2.28. The van der Waals surface area contributed by atoms with Crippen LogP contribution in [0.4, 0.5) is 0 Å². The zero-order chi connectivity index (χ0) is 12.8. The third-order valence-corrected chi connectivity index (χ3v) is 3.15. The first-order chi connectivity index (χ1) is 8.08. The Morgan fingerprint density at radius 3 is 2.59 bits per heavy atom. The van der Waals surface area contributed by atoms with E-state index < -0.39 is 12.2 Å². The predicted octanol–water partition coefficient (Wildman–Crippen LogP) is 1.92. The van der Waals surface area contributed by atoms with Crippen LogP contribution in [0, 0.1) is 0 Å². The first-order valence-electron chi connectivity index (χ1n) is 6.48. The Balaban J connectivity index is 2.54. The van der Waals surface area contributed by atoms with Crippen LogP contribution in [-0.4, -0.2) is 32.2 Å². The highest BCUT2D eigenvalue weighted by Gasteiger charge is 2.17. The molecule has 1 aromatic heterocycles. The first kappa shape index (κ1) is 14.2. The normalized spacial score (nSPS) is 16.8. The fourth-order valence-corrected chi connectivity index (χ4v) is 1.76. The number of aromatic nitrogens is 2. The maximum absolute atomic E-state index is 9.81. The molecule has 0 aromatic carbocycles. The molecule has 0 aliphatic heterocycles. The Hall–Kier alpha value is -0.870. The van der Waals surface area contributed by atoms with Gasteiger partial charge in [0.1, 0.15) is 0 Å². The van der Waals surface area contributed by atoms with Gasteiger partial charge < -0.3 is 10.2 Å². The molecule has 17 heavy (non-hydrogen) atoms. The van der Waals surface area contributed by atoms with Crippen LogP contribution in [0.2, 0.25) is 0 Å². The molecule has 0 saturated carbocycles. The van der Waals surface area contributed by atoms with E-state index in [4.69, 9.17) is 0 Å². The van der Waals surface area contributed by atoms with Gasteiger partial charge in [0.15, 0.2) is 0 Å². The van der Waals surface area contributed by atoms with E-state index in [1.165, 1.54) is 0 Å². The number of aliphatic hydroxyl groups is 2. The second-order valence-electron chi connectivity index (χ2n) is 4.67. The molecule has 1 rings (SSSR count). The molecule has 0 radical (unpaired) electrons. The minimum atomic E-state index is -0.713. The van der Waals surface area contributed by atoms with Gasteiger partial charge in [0.2, 0.25) is 0 Å². The molecule has 0 bridgehead atoms. The average molecular weight is 240 g/mol. The first-order valence-corrected chi connectivity index (χ1v) is 6.48. The van der Waals surface area contributed by atoms with Crippen LogP contribution in [0.25, 0.3) is 0 Å². The molecule has 0 amide bonds. The molecular weight excluding hydrogens is 216 g/mol. The smallest absolute Gasteiger partial charge is 0.0855 e. The summed E-state index contributed by atoms with van der Waals surface area (Å²) in [6, 6.07) is 2.29. The second-order valence-corrected chi connectivity index (χ2v) is 4.67. The molecule has 1 heterocycles. The Kier molecular flexibility index (Phi) is 5.65. The molecule has 1 aromatic rings. The van der Waals surface area contributed by atoms with E-state index in [0.29, 0.717) is 18.9 Å². The lowest BCUT2D eigenvalue weighted by molar-refractivity contribution is 0.0142. The summed E-state index contributed by atoms with van der Waals surface area (Å²) in [7, 11) is 0. The van der Waals surface area contributed by atoms with Crippen LogP contribution in [-0.2, 0) is 6.42 Å². The summed E-state index contributed by atoms with van der Waals surface area (Å²) in [6.45, 7) is 6.22. The number of hydrogen-bond acceptors (Lipinski definition) is 3. The molecule has 0 saturated heterocycles. The maximum atomic E-state index is 9.81. The number of rotatable bonds is 7. The Labute approximate surface area is 103 Å². The highest BCUT2D eigenvalue weighted by molar-refractivity contribution is 5.02. The van der Waals surface area contributed by atoms with Crippen LogP contribution >= 0.6 is 0 Å². The highest BCUT2D eigenvalue weighted by Crippen LogP contribution is 2.12. The lowest BCUT2D eigenvalue weighted by Gasteiger charge is -2.16. The predicted molar refractivity (Wildman–Crippen MR) is 67.9 cm³/mol. The van der Waals surface area contributed by atoms with Gasteiger partial charge in [-0.1, -0.05) is 20.3 Å². The van der Waals surface area contributed by atoms with Crippen molar-refractivity contribution < 1.29 is 10.2 Å². The molecule has 0 fully saturated rings. The molecular formula is C13H24N2O2. The summed E-state index contributed by atoms with van der Waals surface area (Å²) in [5, 5.41) is 23.9. The van der Waals surface area contributed by atoms with E-state index in [9.17, 15) is 10.2 Å². The average Bonchev–Trinajstić information content (AvgIpc) is 2.76. The van der Waals surface area contributed by atoms with Crippen molar-refractivity contribution in [3.63, 3.8) is 0 Å². The van der Waals surface area contributed by atoms with E-state index in [0.717, 1.165) is 18.5 Å². The summed E-state index contributed by atoms with van der Waals surface area (Å²) < 4.78 is 1.91. The van der Waals surface area contributed by atoms with E-state index in [2.05, 4.69) is 18.9 Å². The summed E-state index contributed by atoms with van der Waals surface area (Å²) in [4.78, 5) is 0. The van der Waals surface area contributed by atoms with Gasteiger partial charge in [0.25, 0.3) is 0 Å². The van der Waals surface area contributed by atoms with Crippen LogP contribution in [0.3, 0.4) is 0 Å². The fraction of sp³-hybridized carbons (Fsp3) is 0.769. The second kappa shape index (κ2) is 6.77. The number of nitrogens with zero attached hydrogens (tertiary/aromatic N) is 2. The zero-order valence-corrected chi connectivity index (χ0v) is 11.0. The van der Waals surface area contributed by atoms with Crippen molar-refractivity contribution in [2.45, 2.75) is 64.7 Å².